The Morgan fingerprint density at radius 1 is 1.40 bits per heavy atom. The summed E-state index contributed by atoms with van der Waals surface area (Å²) in [5.74, 6) is 0.836. The highest BCUT2D eigenvalue weighted by atomic mass is 16.3. The maximum Gasteiger partial charge on any atom is 0.237 e. The molecule has 0 bridgehead atoms. The summed E-state index contributed by atoms with van der Waals surface area (Å²) >= 11 is 0. The fraction of sp³-hybridized carbons (Fsp3) is 0.562. The minimum Gasteiger partial charge on any atom is -0.508 e. The van der Waals surface area contributed by atoms with Crippen LogP contribution in [-0.4, -0.2) is 23.1 Å². The van der Waals surface area contributed by atoms with Gasteiger partial charge in [0, 0.05) is 6.04 Å². The van der Waals surface area contributed by atoms with Gasteiger partial charge in [0.2, 0.25) is 5.91 Å². The van der Waals surface area contributed by atoms with Crippen LogP contribution in [0.2, 0.25) is 0 Å². The van der Waals surface area contributed by atoms with E-state index in [9.17, 15) is 9.90 Å². The topological polar surface area (TPSA) is 75.4 Å². The van der Waals surface area contributed by atoms with Crippen LogP contribution in [0.4, 0.5) is 0 Å². The minimum atomic E-state index is -0.531. The summed E-state index contributed by atoms with van der Waals surface area (Å²) in [5, 5.41) is 12.3. The van der Waals surface area contributed by atoms with Crippen LogP contribution in [0.5, 0.6) is 5.75 Å². The van der Waals surface area contributed by atoms with E-state index < -0.39 is 6.04 Å². The highest BCUT2D eigenvalue weighted by molar-refractivity contribution is 5.82. The quantitative estimate of drug-likeness (QED) is 0.787. The number of amides is 1. The van der Waals surface area contributed by atoms with E-state index in [0.29, 0.717) is 12.3 Å². The fourth-order valence-electron chi connectivity index (χ4n) is 2.85. The molecule has 110 valence electrons. The summed E-state index contributed by atoms with van der Waals surface area (Å²) in [6.07, 6.45) is 5.04. The maximum atomic E-state index is 12.1. The van der Waals surface area contributed by atoms with Crippen LogP contribution >= 0.6 is 0 Å². The van der Waals surface area contributed by atoms with Crippen molar-refractivity contribution in [3.05, 3.63) is 29.8 Å². The van der Waals surface area contributed by atoms with Crippen molar-refractivity contribution in [2.24, 2.45) is 11.7 Å². The molecule has 20 heavy (non-hydrogen) atoms. The van der Waals surface area contributed by atoms with Crippen LogP contribution in [0.15, 0.2) is 24.3 Å². The molecule has 1 aromatic rings. The van der Waals surface area contributed by atoms with E-state index in [1.807, 2.05) is 0 Å². The van der Waals surface area contributed by atoms with Crippen molar-refractivity contribution in [2.75, 3.05) is 0 Å². The summed E-state index contributed by atoms with van der Waals surface area (Å²) in [4.78, 5) is 12.1. The largest absolute Gasteiger partial charge is 0.508 e. The molecule has 1 aromatic carbocycles. The number of benzene rings is 1. The first kappa shape index (κ1) is 14.9. The monoisotopic (exact) mass is 276 g/mol. The van der Waals surface area contributed by atoms with E-state index in [-0.39, 0.29) is 17.7 Å². The highest BCUT2D eigenvalue weighted by Gasteiger charge is 2.22. The first-order valence-electron chi connectivity index (χ1n) is 7.38. The van der Waals surface area contributed by atoms with Crippen LogP contribution in [0.3, 0.4) is 0 Å². The third kappa shape index (κ3) is 4.23. The molecule has 0 aromatic heterocycles. The van der Waals surface area contributed by atoms with E-state index in [1.54, 1.807) is 24.3 Å². The zero-order chi connectivity index (χ0) is 14.5. The van der Waals surface area contributed by atoms with Gasteiger partial charge in [0.25, 0.3) is 0 Å². The molecular weight excluding hydrogens is 252 g/mol. The van der Waals surface area contributed by atoms with E-state index in [4.69, 9.17) is 5.73 Å². The average molecular weight is 276 g/mol. The number of aromatic hydroxyl groups is 1. The predicted molar refractivity (Wildman–Crippen MR) is 79.3 cm³/mol. The Morgan fingerprint density at radius 3 is 2.75 bits per heavy atom. The van der Waals surface area contributed by atoms with Gasteiger partial charge < -0.3 is 16.2 Å². The Labute approximate surface area is 120 Å². The minimum absolute atomic E-state index is 0.0721. The molecule has 4 nitrogen and oxygen atoms in total. The summed E-state index contributed by atoms with van der Waals surface area (Å²) in [7, 11) is 0. The SMILES string of the molecule is CC1CCCC(NC(=O)[C@H](N)Cc2ccc(O)cc2)C1. The van der Waals surface area contributed by atoms with Crippen molar-refractivity contribution in [3.63, 3.8) is 0 Å². The van der Waals surface area contributed by atoms with Gasteiger partial charge in [0.1, 0.15) is 5.75 Å². The lowest BCUT2D eigenvalue weighted by Crippen LogP contribution is -2.47. The van der Waals surface area contributed by atoms with Gasteiger partial charge in [-0.3, -0.25) is 4.79 Å². The number of nitrogens with one attached hydrogen (secondary N) is 1. The van der Waals surface area contributed by atoms with Gasteiger partial charge in [-0.05, 0) is 42.9 Å². The molecule has 1 aliphatic carbocycles. The van der Waals surface area contributed by atoms with Crippen molar-refractivity contribution in [1.82, 2.24) is 5.32 Å². The molecule has 0 radical (unpaired) electrons. The van der Waals surface area contributed by atoms with Gasteiger partial charge in [0.15, 0.2) is 0 Å². The lowest BCUT2D eigenvalue weighted by Gasteiger charge is -2.28. The first-order valence-corrected chi connectivity index (χ1v) is 7.38. The zero-order valence-electron chi connectivity index (χ0n) is 12.0. The van der Waals surface area contributed by atoms with Crippen molar-refractivity contribution in [2.45, 2.75) is 51.1 Å². The second-order valence-corrected chi connectivity index (χ2v) is 5.95. The molecule has 0 spiro atoms. The number of phenols is 1. The molecule has 0 heterocycles. The molecule has 1 amide bonds. The smallest absolute Gasteiger partial charge is 0.237 e. The van der Waals surface area contributed by atoms with Gasteiger partial charge in [-0.2, -0.15) is 0 Å². The summed E-state index contributed by atoms with van der Waals surface area (Å²) in [6, 6.07) is 6.57. The lowest BCUT2D eigenvalue weighted by molar-refractivity contribution is -0.123. The van der Waals surface area contributed by atoms with Gasteiger partial charge in [-0.1, -0.05) is 31.9 Å². The number of nitrogens with two attached hydrogens (primary N) is 1. The summed E-state index contributed by atoms with van der Waals surface area (Å²) in [5.41, 5.74) is 6.93. The van der Waals surface area contributed by atoms with Gasteiger partial charge in [-0.15, -0.1) is 0 Å². The maximum absolute atomic E-state index is 12.1. The van der Waals surface area contributed by atoms with Gasteiger partial charge >= 0.3 is 0 Å². The van der Waals surface area contributed by atoms with E-state index >= 15 is 0 Å². The van der Waals surface area contributed by atoms with Gasteiger partial charge in [-0.25, -0.2) is 0 Å². The van der Waals surface area contributed by atoms with Crippen molar-refractivity contribution >= 4 is 5.91 Å². The number of hydrogen-bond donors (Lipinski definition) is 3. The molecule has 4 heteroatoms. The van der Waals surface area contributed by atoms with E-state index in [0.717, 1.165) is 18.4 Å². The third-order valence-electron chi connectivity index (χ3n) is 4.01. The Bertz CT molecular complexity index is 444. The van der Waals surface area contributed by atoms with Crippen LogP contribution in [-0.2, 0) is 11.2 Å². The standard InChI is InChI=1S/C16H24N2O2/c1-11-3-2-4-13(9-11)18-16(20)15(17)10-12-5-7-14(19)8-6-12/h5-8,11,13,15,19H,2-4,9-10,17H2,1H3,(H,18,20)/t11?,13?,15-/m1/s1. The molecular formula is C16H24N2O2. The Kier molecular flexibility index (Phi) is 5.01. The molecule has 4 N–H and O–H groups in total. The van der Waals surface area contributed by atoms with Crippen molar-refractivity contribution in [3.8, 4) is 5.75 Å². The molecule has 1 saturated carbocycles. The third-order valence-corrected chi connectivity index (χ3v) is 4.01. The molecule has 0 aliphatic heterocycles. The Balaban J connectivity index is 1.83. The molecule has 3 atom stereocenters. The number of carbonyl (C=O) groups is 1. The highest BCUT2D eigenvalue weighted by Crippen LogP contribution is 2.23. The van der Waals surface area contributed by atoms with E-state index in [1.165, 1.54) is 12.8 Å². The van der Waals surface area contributed by atoms with Crippen LogP contribution in [0, 0.1) is 5.92 Å². The van der Waals surface area contributed by atoms with Crippen LogP contribution in [0.1, 0.15) is 38.2 Å². The molecule has 0 saturated heterocycles. The summed E-state index contributed by atoms with van der Waals surface area (Å²) < 4.78 is 0. The Hall–Kier alpha value is -1.55. The van der Waals surface area contributed by atoms with Crippen LogP contribution < -0.4 is 11.1 Å². The average Bonchev–Trinajstić information content (AvgIpc) is 2.41. The first-order chi connectivity index (χ1) is 9.54. The van der Waals surface area contributed by atoms with Gasteiger partial charge in [0.05, 0.1) is 6.04 Å². The second-order valence-electron chi connectivity index (χ2n) is 5.95. The normalized spacial score (nSPS) is 24.1. The second kappa shape index (κ2) is 6.75. The van der Waals surface area contributed by atoms with Crippen LogP contribution in [0.25, 0.3) is 0 Å². The van der Waals surface area contributed by atoms with Crippen molar-refractivity contribution in [1.29, 1.82) is 0 Å². The lowest BCUT2D eigenvalue weighted by atomic mass is 9.87. The Morgan fingerprint density at radius 2 is 2.10 bits per heavy atom. The zero-order valence-corrected chi connectivity index (χ0v) is 12.0. The predicted octanol–water partition coefficient (Wildman–Crippen LogP) is 1.96. The van der Waals surface area contributed by atoms with E-state index in [2.05, 4.69) is 12.2 Å². The molecule has 2 unspecified atom stereocenters. The molecule has 2 rings (SSSR count). The molecule has 1 aliphatic rings. The molecule has 1 fully saturated rings. The number of carbonyl (C=O) groups excluding carboxylic acids is 1. The summed E-state index contributed by atoms with van der Waals surface area (Å²) in [6.45, 7) is 2.23. The van der Waals surface area contributed by atoms with Crippen molar-refractivity contribution < 1.29 is 9.90 Å². The number of hydrogen-bond acceptors (Lipinski definition) is 3. The fourth-order valence-corrected chi connectivity index (χ4v) is 2.85. The number of phenolic OH excluding ortho intramolecular Hbond substituents is 1. The number of rotatable bonds is 4.